The molecule has 1 aliphatic rings. The molecule has 0 saturated heterocycles. The van der Waals surface area contributed by atoms with Crippen molar-refractivity contribution in [3.05, 3.63) is 59.4 Å². The molecule has 1 heterocycles. The molecule has 0 bridgehead atoms. The number of rotatable bonds is 6. The molecule has 1 aromatic heterocycles. The molecule has 136 valence electrons. The van der Waals surface area contributed by atoms with E-state index in [9.17, 15) is 4.79 Å². The molecule has 1 fully saturated rings. The van der Waals surface area contributed by atoms with Crippen molar-refractivity contribution in [2.24, 2.45) is 4.99 Å². The second-order valence-electron chi connectivity index (χ2n) is 6.36. The van der Waals surface area contributed by atoms with E-state index in [-0.39, 0.29) is 17.9 Å². The van der Waals surface area contributed by atoms with Gasteiger partial charge in [0.2, 0.25) is 5.91 Å². The number of nitrogens with one attached hydrogen (secondary N) is 3. The maximum absolute atomic E-state index is 12.0. The van der Waals surface area contributed by atoms with E-state index >= 15 is 0 Å². The zero-order valence-electron chi connectivity index (χ0n) is 14.6. The van der Waals surface area contributed by atoms with Crippen LogP contribution in [-0.2, 0) is 10.2 Å². The quantitative estimate of drug-likeness (QED) is 0.538. The van der Waals surface area contributed by atoms with Crippen LogP contribution in [0.25, 0.3) is 0 Å². The third kappa shape index (κ3) is 4.73. The fraction of sp³-hybridized carbons (Fsp3) is 0.316. The van der Waals surface area contributed by atoms with Crippen LogP contribution >= 0.6 is 11.6 Å². The van der Waals surface area contributed by atoms with Crippen molar-refractivity contribution in [1.82, 2.24) is 15.6 Å². The van der Waals surface area contributed by atoms with Crippen LogP contribution in [0.3, 0.4) is 0 Å². The maximum Gasteiger partial charge on any atom is 0.243 e. The summed E-state index contributed by atoms with van der Waals surface area (Å²) in [7, 11) is 1.69. The summed E-state index contributed by atoms with van der Waals surface area (Å²) < 4.78 is 0. The maximum atomic E-state index is 12.0. The lowest BCUT2D eigenvalue weighted by Gasteiger charge is -2.19. The second kappa shape index (κ2) is 8.19. The number of hydrogen-bond acceptors (Lipinski definition) is 3. The van der Waals surface area contributed by atoms with Gasteiger partial charge in [-0.15, -0.1) is 0 Å². The Labute approximate surface area is 158 Å². The van der Waals surface area contributed by atoms with Gasteiger partial charge < -0.3 is 16.0 Å². The Hall–Kier alpha value is -2.60. The second-order valence-corrected chi connectivity index (χ2v) is 6.80. The molecule has 3 N–H and O–H groups in total. The van der Waals surface area contributed by atoms with Gasteiger partial charge in [-0.1, -0.05) is 23.7 Å². The van der Waals surface area contributed by atoms with E-state index < -0.39 is 0 Å². The van der Waals surface area contributed by atoms with Crippen molar-refractivity contribution in [2.45, 2.75) is 18.3 Å². The summed E-state index contributed by atoms with van der Waals surface area (Å²) in [6, 6.07) is 11.6. The number of hydrogen-bond donors (Lipinski definition) is 3. The Balaban J connectivity index is 1.49. The molecular weight excluding hydrogens is 350 g/mol. The Kier molecular flexibility index (Phi) is 5.73. The van der Waals surface area contributed by atoms with Crippen molar-refractivity contribution in [3.8, 4) is 0 Å². The monoisotopic (exact) mass is 371 g/mol. The van der Waals surface area contributed by atoms with E-state index in [2.05, 4.69) is 32.0 Å². The van der Waals surface area contributed by atoms with Crippen LogP contribution in [0.15, 0.2) is 53.8 Å². The first-order valence-electron chi connectivity index (χ1n) is 8.52. The number of anilines is 1. The fourth-order valence-corrected chi connectivity index (χ4v) is 3.01. The number of carbonyl (C=O) groups is 1. The highest BCUT2D eigenvalue weighted by Gasteiger charge is 2.44. The molecule has 26 heavy (non-hydrogen) atoms. The van der Waals surface area contributed by atoms with Gasteiger partial charge in [-0.2, -0.15) is 0 Å². The molecule has 6 nitrogen and oxygen atoms in total. The predicted octanol–water partition coefficient (Wildman–Crippen LogP) is 2.57. The predicted molar refractivity (Wildman–Crippen MR) is 105 cm³/mol. The summed E-state index contributed by atoms with van der Waals surface area (Å²) in [5.41, 5.74) is 2.00. The van der Waals surface area contributed by atoms with Gasteiger partial charge in [-0.05, 0) is 42.7 Å². The number of halogens is 1. The normalized spacial score (nSPS) is 15.2. The lowest BCUT2D eigenvalue weighted by Crippen LogP contribution is -2.44. The summed E-state index contributed by atoms with van der Waals surface area (Å²) in [6.07, 6.45) is 5.48. The van der Waals surface area contributed by atoms with Gasteiger partial charge in [0.1, 0.15) is 0 Å². The van der Waals surface area contributed by atoms with Gasteiger partial charge in [-0.3, -0.25) is 14.8 Å². The minimum Gasteiger partial charge on any atom is -0.356 e. The van der Waals surface area contributed by atoms with Crippen LogP contribution in [0.5, 0.6) is 0 Å². The Morgan fingerprint density at radius 1 is 1.27 bits per heavy atom. The number of aromatic nitrogens is 1. The number of amides is 1. The highest BCUT2D eigenvalue weighted by molar-refractivity contribution is 6.30. The zero-order valence-corrected chi connectivity index (χ0v) is 15.4. The van der Waals surface area contributed by atoms with Crippen LogP contribution in [0.1, 0.15) is 18.4 Å². The summed E-state index contributed by atoms with van der Waals surface area (Å²) in [6.45, 7) is 0.871. The number of benzene rings is 1. The average molecular weight is 372 g/mol. The van der Waals surface area contributed by atoms with Gasteiger partial charge in [-0.25, -0.2) is 0 Å². The molecule has 0 aliphatic heterocycles. The number of pyridine rings is 1. The van der Waals surface area contributed by atoms with Crippen molar-refractivity contribution in [2.75, 3.05) is 25.5 Å². The number of nitrogens with zero attached hydrogens (tertiary/aromatic N) is 2. The summed E-state index contributed by atoms with van der Waals surface area (Å²) in [5.74, 6) is 0.441. The van der Waals surface area contributed by atoms with Crippen molar-refractivity contribution < 1.29 is 4.79 Å². The van der Waals surface area contributed by atoms with Crippen LogP contribution in [-0.4, -0.2) is 37.0 Å². The van der Waals surface area contributed by atoms with Crippen LogP contribution in [0, 0.1) is 0 Å². The number of aliphatic imine (C=N–C) groups is 1. The lowest BCUT2D eigenvalue weighted by atomic mass is 9.96. The Morgan fingerprint density at radius 3 is 2.77 bits per heavy atom. The number of guanidine groups is 1. The van der Waals surface area contributed by atoms with Gasteiger partial charge in [0.25, 0.3) is 0 Å². The molecule has 0 unspecified atom stereocenters. The van der Waals surface area contributed by atoms with E-state index in [0.717, 1.165) is 24.4 Å². The molecule has 1 saturated carbocycles. The van der Waals surface area contributed by atoms with Crippen LogP contribution in [0.2, 0.25) is 5.02 Å². The minimum atomic E-state index is -0.156. The molecular formula is C19H22ClN5O. The third-order valence-corrected chi connectivity index (χ3v) is 4.71. The Morgan fingerprint density at radius 2 is 2.12 bits per heavy atom. The molecule has 0 spiro atoms. The van der Waals surface area contributed by atoms with Crippen LogP contribution < -0.4 is 16.0 Å². The molecule has 2 aromatic rings. The molecule has 1 aromatic carbocycles. The van der Waals surface area contributed by atoms with Gasteiger partial charge in [0.05, 0.1) is 18.4 Å². The third-order valence-electron chi connectivity index (χ3n) is 4.47. The molecule has 1 aliphatic carbocycles. The Bertz CT molecular complexity index is 790. The van der Waals surface area contributed by atoms with Gasteiger partial charge >= 0.3 is 0 Å². The zero-order chi connectivity index (χ0) is 18.4. The van der Waals surface area contributed by atoms with Crippen molar-refractivity contribution in [3.63, 3.8) is 0 Å². The first-order chi connectivity index (χ1) is 12.6. The fourth-order valence-electron chi connectivity index (χ4n) is 2.82. The van der Waals surface area contributed by atoms with Gasteiger partial charge in [0.15, 0.2) is 5.96 Å². The van der Waals surface area contributed by atoms with E-state index in [1.165, 1.54) is 5.56 Å². The molecule has 0 radical (unpaired) electrons. The summed E-state index contributed by atoms with van der Waals surface area (Å²) in [5, 5.41) is 9.88. The SMILES string of the molecule is CN=C(NCC(=O)Nc1cccnc1)NCC1(c2cccc(Cl)c2)CC1. The number of carbonyl (C=O) groups excluding carboxylic acids is 1. The van der Waals surface area contributed by atoms with Crippen molar-refractivity contribution >= 4 is 29.2 Å². The van der Waals surface area contributed by atoms with Crippen molar-refractivity contribution in [1.29, 1.82) is 0 Å². The van der Waals surface area contributed by atoms with E-state index in [4.69, 9.17) is 11.6 Å². The average Bonchev–Trinajstić information content (AvgIpc) is 3.44. The first-order valence-corrected chi connectivity index (χ1v) is 8.89. The summed E-state index contributed by atoms with van der Waals surface area (Å²) >= 11 is 6.11. The topological polar surface area (TPSA) is 78.4 Å². The van der Waals surface area contributed by atoms with Gasteiger partial charge in [0, 0.05) is 30.2 Å². The smallest absolute Gasteiger partial charge is 0.243 e. The largest absolute Gasteiger partial charge is 0.356 e. The minimum absolute atomic E-state index is 0.0977. The molecule has 3 rings (SSSR count). The highest BCUT2D eigenvalue weighted by atomic mass is 35.5. The first kappa shape index (κ1) is 18.2. The molecule has 7 heteroatoms. The van der Waals surface area contributed by atoms with E-state index in [0.29, 0.717) is 11.6 Å². The molecule has 1 amide bonds. The standard InChI is InChI=1S/C19H22ClN5O/c1-21-18(23-12-17(26)25-16-6-3-9-22-11-16)24-13-19(7-8-19)14-4-2-5-15(20)10-14/h2-6,9-11H,7-8,12-13H2,1H3,(H,25,26)(H2,21,23,24). The van der Waals surface area contributed by atoms with E-state index in [1.807, 2.05) is 18.2 Å². The highest BCUT2D eigenvalue weighted by Crippen LogP contribution is 2.48. The molecule has 0 atom stereocenters. The van der Waals surface area contributed by atoms with E-state index in [1.54, 1.807) is 31.6 Å². The summed E-state index contributed by atoms with van der Waals surface area (Å²) in [4.78, 5) is 20.2. The van der Waals surface area contributed by atoms with Crippen LogP contribution in [0.4, 0.5) is 5.69 Å². The lowest BCUT2D eigenvalue weighted by molar-refractivity contribution is -0.115.